The average molecular weight is 296 g/mol. The van der Waals surface area contributed by atoms with Crippen LogP contribution in [0.5, 0.6) is 0 Å². The predicted molar refractivity (Wildman–Crippen MR) is 84.2 cm³/mol. The van der Waals surface area contributed by atoms with Crippen LogP contribution in [0, 0.1) is 5.92 Å². The van der Waals surface area contributed by atoms with Crippen LogP contribution in [0.25, 0.3) is 0 Å². The first-order chi connectivity index (χ1) is 9.38. The molecule has 1 unspecified atom stereocenters. The zero-order chi connectivity index (χ0) is 14.9. The van der Waals surface area contributed by atoms with Crippen LogP contribution in [0.3, 0.4) is 0 Å². The van der Waals surface area contributed by atoms with Gasteiger partial charge in [0.15, 0.2) is 5.13 Å². The minimum Gasteiger partial charge on any atom is -0.382 e. The molecule has 0 aromatic carbocycles. The minimum atomic E-state index is -0.0306. The largest absolute Gasteiger partial charge is 0.382 e. The molecule has 5 nitrogen and oxygen atoms in total. The Kier molecular flexibility index (Phi) is 4.52. The summed E-state index contributed by atoms with van der Waals surface area (Å²) >= 11 is 1.36. The van der Waals surface area contributed by atoms with Crippen molar-refractivity contribution in [1.82, 2.24) is 9.88 Å². The molecule has 1 saturated carbocycles. The van der Waals surface area contributed by atoms with Crippen LogP contribution in [0.2, 0.25) is 0 Å². The molecule has 1 fully saturated rings. The number of carbonyl (C=O) groups is 1. The van der Waals surface area contributed by atoms with Crippen LogP contribution < -0.4 is 11.1 Å². The molecule has 3 N–H and O–H groups in total. The monoisotopic (exact) mass is 296 g/mol. The maximum atomic E-state index is 12.5. The molecule has 0 radical (unpaired) electrons. The second kappa shape index (κ2) is 5.99. The third-order valence-corrected chi connectivity index (χ3v) is 4.54. The van der Waals surface area contributed by atoms with Gasteiger partial charge in [0.1, 0.15) is 10.7 Å². The van der Waals surface area contributed by atoms with E-state index in [-0.39, 0.29) is 11.9 Å². The summed E-state index contributed by atoms with van der Waals surface area (Å²) in [5.74, 6) is 0.870. The van der Waals surface area contributed by atoms with Crippen molar-refractivity contribution in [3.05, 3.63) is 4.88 Å². The fraction of sp³-hybridized carbons (Fsp3) is 0.714. The van der Waals surface area contributed by atoms with Crippen molar-refractivity contribution in [2.45, 2.75) is 52.1 Å². The lowest BCUT2D eigenvalue weighted by Gasteiger charge is -2.25. The molecular formula is C14H24N4OS. The lowest BCUT2D eigenvalue weighted by Crippen LogP contribution is -2.35. The Balaban J connectivity index is 2.05. The van der Waals surface area contributed by atoms with Gasteiger partial charge >= 0.3 is 0 Å². The van der Waals surface area contributed by atoms with E-state index in [4.69, 9.17) is 5.73 Å². The second-order valence-electron chi connectivity index (χ2n) is 6.05. The molecular weight excluding hydrogens is 272 g/mol. The third-order valence-electron chi connectivity index (χ3n) is 3.55. The summed E-state index contributed by atoms with van der Waals surface area (Å²) in [4.78, 5) is 19.1. The predicted octanol–water partition coefficient (Wildman–Crippen LogP) is 2.81. The molecule has 0 spiro atoms. The van der Waals surface area contributed by atoms with Gasteiger partial charge in [0, 0.05) is 19.1 Å². The first kappa shape index (κ1) is 15.1. The summed E-state index contributed by atoms with van der Waals surface area (Å²) in [6.07, 6.45) is 3.33. The Morgan fingerprint density at radius 1 is 1.50 bits per heavy atom. The highest BCUT2D eigenvalue weighted by molar-refractivity contribution is 7.18. The second-order valence-corrected chi connectivity index (χ2v) is 7.05. The highest BCUT2D eigenvalue weighted by Crippen LogP contribution is 2.31. The van der Waals surface area contributed by atoms with E-state index >= 15 is 0 Å². The van der Waals surface area contributed by atoms with Crippen LogP contribution in [-0.2, 0) is 0 Å². The van der Waals surface area contributed by atoms with Crippen LogP contribution in [0.1, 0.15) is 49.7 Å². The number of anilines is 2. The summed E-state index contributed by atoms with van der Waals surface area (Å²) in [6, 6.07) is 0.713. The summed E-state index contributed by atoms with van der Waals surface area (Å²) in [5.41, 5.74) is 5.89. The molecule has 1 aromatic rings. The van der Waals surface area contributed by atoms with Crippen LogP contribution in [0.4, 0.5) is 10.9 Å². The number of rotatable bonds is 6. The topological polar surface area (TPSA) is 71.2 Å². The highest BCUT2D eigenvalue weighted by Gasteiger charge is 2.26. The zero-order valence-electron chi connectivity index (χ0n) is 12.6. The molecule has 6 heteroatoms. The van der Waals surface area contributed by atoms with Gasteiger partial charge in [-0.3, -0.25) is 4.79 Å². The number of nitrogens with zero attached hydrogens (tertiary/aromatic N) is 2. The molecule has 112 valence electrons. The van der Waals surface area contributed by atoms with Gasteiger partial charge in [-0.2, -0.15) is 0 Å². The van der Waals surface area contributed by atoms with Crippen LogP contribution in [-0.4, -0.2) is 34.9 Å². The van der Waals surface area contributed by atoms with Crippen molar-refractivity contribution in [2.24, 2.45) is 5.92 Å². The Morgan fingerprint density at radius 2 is 2.15 bits per heavy atom. The van der Waals surface area contributed by atoms with Crippen LogP contribution in [0.15, 0.2) is 0 Å². The van der Waals surface area contributed by atoms with E-state index < -0.39 is 0 Å². The van der Waals surface area contributed by atoms with Crippen molar-refractivity contribution < 1.29 is 4.79 Å². The number of aromatic nitrogens is 1. The third kappa shape index (κ3) is 3.62. The van der Waals surface area contributed by atoms with Gasteiger partial charge in [-0.1, -0.05) is 25.2 Å². The maximum Gasteiger partial charge on any atom is 0.267 e. The van der Waals surface area contributed by atoms with Gasteiger partial charge < -0.3 is 16.0 Å². The summed E-state index contributed by atoms with van der Waals surface area (Å²) < 4.78 is 0. The maximum absolute atomic E-state index is 12.5. The Hall–Kier alpha value is -1.30. The van der Waals surface area contributed by atoms with Crippen molar-refractivity contribution in [3.63, 3.8) is 0 Å². The Bertz CT molecular complexity index is 482. The Labute approximate surface area is 124 Å². The van der Waals surface area contributed by atoms with Crippen molar-refractivity contribution in [3.8, 4) is 0 Å². The van der Waals surface area contributed by atoms with Gasteiger partial charge in [0.2, 0.25) is 0 Å². The standard InChI is InChI=1S/C14H24N4OS/c1-8(2)7-9(3)18(4)13(19)11-12(15)17-14(20-11)16-10-5-6-10/h8-10H,5-7,15H2,1-4H3,(H,16,17). The molecule has 1 atom stereocenters. The highest BCUT2D eigenvalue weighted by atomic mass is 32.1. The lowest BCUT2D eigenvalue weighted by atomic mass is 10.0. The molecule has 20 heavy (non-hydrogen) atoms. The molecule has 0 bridgehead atoms. The fourth-order valence-corrected chi connectivity index (χ4v) is 3.09. The van der Waals surface area contributed by atoms with E-state index in [9.17, 15) is 4.79 Å². The average Bonchev–Trinajstić information content (AvgIpc) is 3.09. The molecule has 2 rings (SSSR count). The fourth-order valence-electron chi connectivity index (χ4n) is 2.15. The molecule has 0 aliphatic heterocycles. The SMILES string of the molecule is CC(C)CC(C)N(C)C(=O)c1sc(NC2CC2)nc1N. The van der Waals surface area contributed by atoms with Gasteiger partial charge in [-0.25, -0.2) is 4.98 Å². The van der Waals surface area contributed by atoms with Crippen molar-refractivity contribution in [1.29, 1.82) is 0 Å². The summed E-state index contributed by atoms with van der Waals surface area (Å²) in [7, 11) is 1.84. The van der Waals surface area contributed by atoms with Crippen molar-refractivity contribution in [2.75, 3.05) is 18.1 Å². The van der Waals surface area contributed by atoms with E-state index in [0.717, 1.165) is 11.6 Å². The molecule has 1 aliphatic rings. The minimum absolute atomic E-state index is 0.0306. The smallest absolute Gasteiger partial charge is 0.267 e. The van der Waals surface area contributed by atoms with Gasteiger partial charge in [-0.05, 0) is 32.1 Å². The molecule has 1 heterocycles. The number of carbonyl (C=O) groups excluding carboxylic acids is 1. The molecule has 1 amide bonds. The number of amides is 1. The summed E-state index contributed by atoms with van der Waals surface area (Å²) in [5, 5.41) is 4.05. The molecule has 0 saturated heterocycles. The van der Waals surface area contributed by atoms with Gasteiger partial charge in [0.05, 0.1) is 0 Å². The molecule has 1 aromatic heterocycles. The first-order valence-electron chi connectivity index (χ1n) is 7.18. The quantitative estimate of drug-likeness (QED) is 0.847. The zero-order valence-corrected chi connectivity index (χ0v) is 13.5. The van der Waals surface area contributed by atoms with E-state index in [1.165, 1.54) is 24.2 Å². The molecule has 1 aliphatic carbocycles. The van der Waals surface area contributed by atoms with Gasteiger partial charge in [-0.15, -0.1) is 0 Å². The summed E-state index contributed by atoms with van der Waals surface area (Å²) in [6.45, 7) is 6.39. The Morgan fingerprint density at radius 3 is 2.70 bits per heavy atom. The number of thiazole rings is 1. The first-order valence-corrected chi connectivity index (χ1v) is 8.00. The van der Waals surface area contributed by atoms with Gasteiger partial charge in [0.25, 0.3) is 5.91 Å². The van der Waals surface area contributed by atoms with Crippen molar-refractivity contribution >= 4 is 28.2 Å². The van der Waals surface area contributed by atoms with E-state index in [1.54, 1.807) is 4.90 Å². The van der Waals surface area contributed by atoms with Crippen LogP contribution >= 0.6 is 11.3 Å². The number of nitrogen functional groups attached to an aromatic ring is 1. The number of hydrogen-bond acceptors (Lipinski definition) is 5. The van der Waals surface area contributed by atoms with E-state index in [1.807, 2.05) is 7.05 Å². The number of nitrogens with two attached hydrogens (primary N) is 1. The number of nitrogens with one attached hydrogen (secondary N) is 1. The van der Waals surface area contributed by atoms with E-state index in [2.05, 4.69) is 31.1 Å². The van der Waals surface area contributed by atoms with E-state index in [0.29, 0.717) is 22.7 Å². The number of hydrogen-bond donors (Lipinski definition) is 2. The normalized spacial score (nSPS) is 16.2. The lowest BCUT2D eigenvalue weighted by molar-refractivity contribution is 0.0734.